The second kappa shape index (κ2) is 4.45. The quantitative estimate of drug-likeness (QED) is 0.855. The fourth-order valence-electron chi connectivity index (χ4n) is 2.34. The van der Waals surface area contributed by atoms with Crippen molar-refractivity contribution in [2.75, 3.05) is 0 Å². The molecule has 0 bridgehead atoms. The van der Waals surface area contributed by atoms with Crippen LogP contribution in [0.3, 0.4) is 0 Å². The molecule has 0 fully saturated rings. The maximum absolute atomic E-state index is 13.1. The lowest BCUT2D eigenvalue weighted by molar-refractivity contribution is -0.144. The van der Waals surface area contributed by atoms with Gasteiger partial charge in [0.1, 0.15) is 11.9 Å². The van der Waals surface area contributed by atoms with Crippen LogP contribution in [0.4, 0.5) is 4.39 Å². The third kappa shape index (κ3) is 2.31. The Hall–Kier alpha value is -1.42. The standard InChI is InChI=1S/C13H16FNO2/c1-8(2)15-7-10-5-11(14)4-3-9(10)6-12(15)13(16)17/h3-5,8,12H,6-7H2,1-2H3,(H,16,17)/t12-/m0/s1. The molecule has 0 amide bonds. The van der Waals surface area contributed by atoms with Crippen LogP contribution in [-0.4, -0.2) is 28.1 Å². The second-order valence-corrected chi connectivity index (χ2v) is 4.74. The molecule has 4 heteroatoms. The van der Waals surface area contributed by atoms with Gasteiger partial charge in [-0.25, -0.2) is 4.39 Å². The molecule has 1 N–H and O–H groups in total. The zero-order valence-electron chi connectivity index (χ0n) is 9.98. The molecular formula is C13H16FNO2. The van der Waals surface area contributed by atoms with Gasteiger partial charge in [-0.2, -0.15) is 0 Å². The highest BCUT2D eigenvalue weighted by molar-refractivity contribution is 5.74. The first-order chi connectivity index (χ1) is 7.99. The van der Waals surface area contributed by atoms with E-state index >= 15 is 0 Å². The molecule has 0 aliphatic carbocycles. The Balaban J connectivity index is 2.36. The summed E-state index contributed by atoms with van der Waals surface area (Å²) in [5, 5.41) is 9.22. The van der Waals surface area contributed by atoms with Crippen molar-refractivity contribution >= 4 is 5.97 Å². The van der Waals surface area contributed by atoms with E-state index < -0.39 is 12.0 Å². The Bertz CT molecular complexity index is 445. The highest BCUT2D eigenvalue weighted by atomic mass is 19.1. The molecule has 1 aliphatic rings. The minimum atomic E-state index is -0.811. The van der Waals surface area contributed by atoms with Crippen LogP contribution in [0.1, 0.15) is 25.0 Å². The van der Waals surface area contributed by atoms with Gasteiger partial charge >= 0.3 is 5.97 Å². The largest absolute Gasteiger partial charge is 0.480 e. The molecule has 2 rings (SSSR count). The number of fused-ring (bicyclic) bond motifs is 1. The van der Waals surface area contributed by atoms with E-state index in [9.17, 15) is 14.3 Å². The van der Waals surface area contributed by atoms with E-state index in [-0.39, 0.29) is 11.9 Å². The number of carbonyl (C=O) groups is 1. The van der Waals surface area contributed by atoms with Crippen LogP contribution >= 0.6 is 0 Å². The van der Waals surface area contributed by atoms with E-state index in [2.05, 4.69) is 0 Å². The van der Waals surface area contributed by atoms with Crippen LogP contribution in [0.5, 0.6) is 0 Å². The molecule has 0 aromatic heterocycles. The van der Waals surface area contributed by atoms with Gasteiger partial charge in [-0.15, -0.1) is 0 Å². The minimum Gasteiger partial charge on any atom is -0.480 e. The first-order valence-electron chi connectivity index (χ1n) is 5.75. The molecule has 1 atom stereocenters. The first-order valence-corrected chi connectivity index (χ1v) is 5.75. The highest BCUT2D eigenvalue weighted by Gasteiger charge is 2.32. The summed E-state index contributed by atoms with van der Waals surface area (Å²) in [6.45, 7) is 4.42. The van der Waals surface area contributed by atoms with Crippen molar-refractivity contribution in [1.29, 1.82) is 0 Å². The normalized spacial score (nSPS) is 20.4. The second-order valence-electron chi connectivity index (χ2n) is 4.74. The van der Waals surface area contributed by atoms with Crippen molar-refractivity contribution in [2.24, 2.45) is 0 Å². The van der Waals surface area contributed by atoms with Gasteiger partial charge in [0.25, 0.3) is 0 Å². The molecule has 17 heavy (non-hydrogen) atoms. The molecule has 0 saturated heterocycles. The number of hydrogen-bond acceptors (Lipinski definition) is 2. The van der Waals surface area contributed by atoms with E-state index in [0.29, 0.717) is 13.0 Å². The van der Waals surface area contributed by atoms with Crippen LogP contribution < -0.4 is 0 Å². The van der Waals surface area contributed by atoms with Crippen LogP contribution in [0.2, 0.25) is 0 Å². The van der Waals surface area contributed by atoms with E-state index in [0.717, 1.165) is 11.1 Å². The predicted molar refractivity (Wildman–Crippen MR) is 62.2 cm³/mol. The summed E-state index contributed by atoms with van der Waals surface area (Å²) >= 11 is 0. The lowest BCUT2D eigenvalue weighted by atomic mass is 9.93. The Morgan fingerprint density at radius 2 is 2.18 bits per heavy atom. The van der Waals surface area contributed by atoms with Crippen LogP contribution in [0.25, 0.3) is 0 Å². The summed E-state index contributed by atoms with van der Waals surface area (Å²) in [4.78, 5) is 13.1. The lowest BCUT2D eigenvalue weighted by Crippen LogP contribution is -2.48. The van der Waals surface area contributed by atoms with E-state index in [1.54, 1.807) is 6.07 Å². The Morgan fingerprint density at radius 3 is 2.76 bits per heavy atom. The number of benzene rings is 1. The summed E-state index contributed by atoms with van der Waals surface area (Å²) in [6, 6.07) is 4.21. The number of carboxylic acid groups (broad SMARTS) is 1. The summed E-state index contributed by atoms with van der Waals surface area (Å²) in [5.74, 6) is -1.07. The highest BCUT2D eigenvalue weighted by Crippen LogP contribution is 2.25. The Morgan fingerprint density at radius 1 is 1.47 bits per heavy atom. The predicted octanol–water partition coefficient (Wildman–Crippen LogP) is 2.05. The maximum atomic E-state index is 13.1. The monoisotopic (exact) mass is 237 g/mol. The molecule has 0 radical (unpaired) electrons. The molecule has 0 unspecified atom stereocenters. The van der Waals surface area contributed by atoms with Gasteiger partial charge in [0.15, 0.2) is 0 Å². The number of hydrogen-bond donors (Lipinski definition) is 1. The van der Waals surface area contributed by atoms with Crippen LogP contribution in [-0.2, 0) is 17.8 Å². The van der Waals surface area contributed by atoms with Crippen LogP contribution in [0.15, 0.2) is 18.2 Å². The van der Waals surface area contributed by atoms with Crippen molar-refractivity contribution in [3.8, 4) is 0 Å². The lowest BCUT2D eigenvalue weighted by Gasteiger charge is -2.37. The Labute approximate surface area is 99.9 Å². The summed E-state index contributed by atoms with van der Waals surface area (Å²) < 4.78 is 13.1. The molecule has 1 aromatic carbocycles. The molecule has 1 heterocycles. The third-order valence-corrected chi connectivity index (χ3v) is 3.28. The maximum Gasteiger partial charge on any atom is 0.321 e. The fraction of sp³-hybridized carbons (Fsp3) is 0.462. The van der Waals surface area contributed by atoms with Crippen molar-refractivity contribution in [2.45, 2.75) is 38.9 Å². The fourth-order valence-corrected chi connectivity index (χ4v) is 2.34. The molecule has 1 aromatic rings. The SMILES string of the molecule is CC(C)N1Cc2cc(F)ccc2C[C@H]1C(=O)O. The molecule has 0 spiro atoms. The number of nitrogens with zero attached hydrogens (tertiary/aromatic N) is 1. The van der Waals surface area contributed by atoms with Crippen molar-refractivity contribution in [1.82, 2.24) is 4.90 Å². The number of aliphatic carboxylic acids is 1. The van der Waals surface area contributed by atoms with Crippen molar-refractivity contribution in [3.05, 3.63) is 35.1 Å². The van der Waals surface area contributed by atoms with Gasteiger partial charge in [0.2, 0.25) is 0 Å². The molecular weight excluding hydrogens is 221 g/mol. The van der Waals surface area contributed by atoms with Gasteiger partial charge < -0.3 is 5.11 Å². The molecule has 3 nitrogen and oxygen atoms in total. The van der Waals surface area contributed by atoms with Gasteiger partial charge in [-0.3, -0.25) is 9.69 Å². The van der Waals surface area contributed by atoms with Crippen molar-refractivity contribution in [3.63, 3.8) is 0 Å². The van der Waals surface area contributed by atoms with Gasteiger partial charge in [0, 0.05) is 12.6 Å². The molecule has 1 aliphatic heterocycles. The third-order valence-electron chi connectivity index (χ3n) is 3.28. The van der Waals surface area contributed by atoms with Gasteiger partial charge in [-0.1, -0.05) is 6.07 Å². The molecule has 0 saturated carbocycles. The number of halogens is 1. The van der Waals surface area contributed by atoms with E-state index in [1.165, 1.54) is 12.1 Å². The average Bonchev–Trinajstić information content (AvgIpc) is 2.26. The first kappa shape index (κ1) is 12.0. The van der Waals surface area contributed by atoms with E-state index in [1.807, 2.05) is 18.7 Å². The number of rotatable bonds is 2. The zero-order chi connectivity index (χ0) is 12.6. The smallest absolute Gasteiger partial charge is 0.321 e. The summed E-state index contributed by atoms with van der Waals surface area (Å²) in [6.07, 6.45) is 0.448. The minimum absolute atomic E-state index is 0.132. The topological polar surface area (TPSA) is 40.5 Å². The van der Waals surface area contributed by atoms with Gasteiger partial charge in [-0.05, 0) is 43.5 Å². The van der Waals surface area contributed by atoms with Gasteiger partial charge in [0.05, 0.1) is 0 Å². The summed E-state index contributed by atoms with van der Waals surface area (Å²) in [7, 11) is 0. The van der Waals surface area contributed by atoms with Crippen molar-refractivity contribution < 1.29 is 14.3 Å². The van der Waals surface area contributed by atoms with Crippen LogP contribution in [0, 0.1) is 5.82 Å². The number of carboxylic acids is 1. The van der Waals surface area contributed by atoms with E-state index in [4.69, 9.17) is 0 Å². The zero-order valence-corrected chi connectivity index (χ0v) is 9.98. The molecule has 92 valence electrons. The average molecular weight is 237 g/mol. The Kier molecular flexibility index (Phi) is 3.15. The summed E-state index contributed by atoms with van der Waals surface area (Å²) in [5.41, 5.74) is 1.84.